The molecule has 0 saturated heterocycles. The number of aromatic amines is 1. The van der Waals surface area contributed by atoms with E-state index in [2.05, 4.69) is 41.4 Å². The van der Waals surface area contributed by atoms with E-state index in [-0.39, 0.29) is 0 Å². The molecule has 0 atom stereocenters. The summed E-state index contributed by atoms with van der Waals surface area (Å²) in [6, 6.07) is 12.1. The number of imidazole rings is 1. The number of ether oxygens (including phenoxy) is 1. The molecule has 2 aromatic heterocycles. The monoisotopic (exact) mass is 361 g/mol. The molecule has 4 rings (SSSR count). The first-order valence-electron chi connectivity index (χ1n) is 8.98. The number of nitrogens with zero attached hydrogens (tertiary/aromatic N) is 3. The lowest BCUT2D eigenvalue weighted by Crippen LogP contribution is -2.13. The van der Waals surface area contributed by atoms with E-state index in [1.54, 1.807) is 7.11 Å². The Kier molecular flexibility index (Phi) is 4.64. The maximum Gasteiger partial charge on any atom is 0.144 e. The van der Waals surface area contributed by atoms with Crippen molar-refractivity contribution in [3.63, 3.8) is 0 Å². The fourth-order valence-corrected chi connectivity index (χ4v) is 3.18. The standard InChI is InChI=1S/C21H23N5O/c1-14-8-9-17-21(15(14)2)25-20(24-17)12-22-10-16-11-23-26(13-16)18-6-4-5-7-19(18)27-3/h4-9,11,13,22H,10,12H2,1-3H3,(H,24,25). The Hall–Kier alpha value is -3.12. The van der Waals surface area contributed by atoms with Gasteiger partial charge in [-0.2, -0.15) is 5.10 Å². The van der Waals surface area contributed by atoms with Gasteiger partial charge in [0.15, 0.2) is 0 Å². The predicted molar refractivity (Wildman–Crippen MR) is 106 cm³/mol. The van der Waals surface area contributed by atoms with Crippen molar-refractivity contribution >= 4 is 11.0 Å². The molecule has 0 spiro atoms. The summed E-state index contributed by atoms with van der Waals surface area (Å²) in [4.78, 5) is 8.11. The molecule has 6 nitrogen and oxygen atoms in total. The Morgan fingerprint density at radius 3 is 2.81 bits per heavy atom. The molecule has 0 fully saturated rings. The van der Waals surface area contributed by atoms with Crippen molar-refractivity contribution in [2.24, 2.45) is 0 Å². The van der Waals surface area contributed by atoms with Crippen molar-refractivity contribution in [1.82, 2.24) is 25.1 Å². The summed E-state index contributed by atoms with van der Waals surface area (Å²) in [5, 5.41) is 7.88. The number of methoxy groups -OCH3 is 1. The Labute approximate surface area is 158 Å². The van der Waals surface area contributed by atoms with Gasteiger partial charge in [0.05, 0.1) is 30.9 Å². The smallest absolute Gasteiger partial charge is 0.144 e. The SMILES string of the molecule is COc1ccccc1-n1cc(CNCc2nc3c(C)c(C)ccc3[nH]2)cn1. The third kappa shape index (κ3) is 3.44. The number of fused-ring (bicyclic) bond motifs is 1. The number of rotatable bonds is 6. The molecule has 0 bridgehead atoms. The van der Waals surface area contributed by atoms with Crippen molar-refractivity contribution in [3.05, 3.63) is 71.3 Å². The number of aromatic nitrogens is 4. The molecule has 27 heavy (non-hydrogen) atoms. The summed E-state index contributed by atoms with van der Waals surface area (Å²) in [7, 11) is 1.67. The van der Waals surface area contributed by atoms with Gasteiger partial charge >= 0.3 is 0 Å². The molecule has 0 aliphatic rings. The number of para-hydroxylation sites is 2. The van der Waals surface area contributed by atoms with Gasteiger partial charge in [-0.3, -0.25) is 0 Å². The van der Waals surface area contributed by atoms with Crippen LogP contribution in [0.2, 0.25) is 0 Å². The van der Waals surface area contributed by atoms with E-state index in [9.17, 15) is 0 Å². The molecule has 0 unspecified atom stereocenters. The van der Waals surface area contributed by atoms with Crippen LogP contribution in [0.3, 0.4) is 0 Å². The average Bonchev–Trinajstić information content (AvgIpc) is 3.32. The van der Waals surface area contributed by atoms with Gasteiger partial charge in [0.2, 0.25) is 0 Å². The Morgan fingerprint density at radius 1 is 1.11 bits per heavy atom. The van der Waals surface area contributed by atoms with Gasteiger partial charge in [0, 0.05) is 18.3 Å². The van der Waals surface area contributed by atoms with Gasteiger partial charge in [0.25, 0.3) is 0 Å². The van der Waals surface area contributed by atoms with Crippen molar-refractivity contribution < 1.29 is 4.74 Å². The van der Waals surface area contributed by atoms with Crippen LogP contribution in [0.1, 0.15) is 22.5 Å². The van der Waals surface area contributed by atoms with Crippen LogP contribution >= 0.6 is 0 Å². The van der Waals surface area contributed by atoms with Crippen LogP contribution in [0, 0.1) is 13.8 Å². The molecule has 2 heterocycles. The largest absolute Gasteiger partial charge is 0.494 e. The molecule has 0 aliphatic carbocycles. The highest BCUT2D eigenvalue weighted by Gasteiger charge is 2.08. The van der Waals surface area contributed by atoms with Gasteiger partial charge in [-0.1, -0.05) is 18.2 Å². The normalized spacial score (nSPS) is 11.2. The van der Waals surface area contributed by atoms with Gasteiger partial charge in [-0.25, -0.2) is 9.67 Å². The highest BCUT2D eigenvalue weighted by Crippen LogP contribution is 2.22. The van der Waals surface area contributed by atoms with E-state index in [0.717, 1.165) is 33.9 Å². The summed E-state index contributed by atoms with van der Waals surface area (Å²) in [6.45, 7) is 5.61. The number of hydrogen-bond donors (Lipinski definition) is 2. The molecular formula is C21H23N5O. The van der Waals surface area contributed by atoms with Crippen LogP contribution in [0.25, 0.3) is 16.7 Å². The van der Waals surface area contributed by atoms with Crippen LogP contribution in [0.15, 0.2) is 48.8 Å². The average molecular weight is 361 g/mol. The zero-order chi connectivity index (χ0) is 18.8. The van der Waals surface area contributed by atoms with Crippen molar-refractivity contribution in [1.29, 1.82) is 0 Å². The molecule has 0 saturated carbocycles. The summed E-state index contributed by atoms with van der Waals surface area (Å²) >= 11 is 0. The number of benzene rings is 2. The van der Waals surface area contributed by atoms with E-state index < -0.39 is 0 Å². The van der Waals surface area contributed by atoms with Crippen LogP contribution in [-0.2, 0) is 13.1 Å². The zero-order valence-electron chi connectivity index (χ0n) is 15.8. The topological polar surface area (TPSA) is 67.8 Å². The Morgan fingerprint density at radius 2 is 1.96 bits per heavy atom. The molecule has 6 heteroatoms. The molecule has 4 aromatic rings. The van der Waals surface area contributed by atoms with Gasteiger partial charge in [-0.05, 0) is 43.2 Å². The van der Waals surface area contributed by atoms with Crippen molar-refractivity contribution in [3.8, 4) is 11.4 Å². The first-order valence-corrected chi connectivity index (χ1v) is 8.98. The minimum atomic E-state index is 0.674. The van der Waals surface area contributed by atoms with E-state index in [1.165, 1.54) is 11.1 Å². The van der Waals surface area contributed by atoms with E-state index in [0.29, 0.717) is 13.1 Å². The molecule has 0 amide bonds. The molecular weight excluding hydrogens is 338 g/mol. The maximum atomic E-state index is 5.41. The Bertz CT molecular complexity index is 1080. The van der Waals surface area contributed by atoms with E-state index >= 15 is 0 Å². The number of aryl methyl sites for hydroxylation is 2. The van der Waals surface area contributed by atoms with Crippen LogP contribution < -0.4 is 10.1 Å². The fourth-order valence-electron chi connectivity index (χ4n) is 3.18. The molecule has 0 aliphatic heterocycles. The lowest BCUT2D eigenvalue weighted by molar-refractivity contribution is 0.411. The molecule has 0 radical (unpaired) electrons. The van der Waals surface area contributed by atoms with Crippen LogP contribution in [0.5, 0.6) is 5.75 Å². The van der Waals surface area contributed by atoms with E-state index in [4.69, 9.17) is 9.72 Å². The van der Waals surface area contributed by atoms with Crippen molar-refractivity contribution in [2.75, 3.05) is 7.11 Å². The minimum Gasteiger partial charge on any atom is -0.494 e. The first kappa shape index (κ1) is 17.3. The highest BCUT2D eigenvalue weighted by molar-refractivity contribution is 5.79. The number of hydrogen-bond acceptors (Lipinski definition) is 4. The summed E-state index contributed by atoms with van der Waals surface area (Å²) < 4.78 is 7.24. The molecule has 138 valence electrons. The van der Waals surface area contributed by atoms with Crippen LogP contribution in [0.4, 0.5) is 0 Å². The molecule has 2 N–H and O–H groups in total. The quantitative estimate of drug-likeness (QED) is 0.550. The lowest BCUT2D eigenvalue weighted by Gasteiger charge is -2.07. The number of H-pyrrole nitrogens is 1. The second-order valence-electron chi connectivity index (χ2n) is 6.66. The summed E-state index contributed by atoms with van der Waals surface area (Å²) in [5.74, 6) is 1.74. The maximum absolute atomic E-state index is 5.41. The van der Waals surface area contributed by atoms with Gasteiger partial charge < -0.3 is 15.0 Å². The second kappa shape index (κ2) is 7.25. The fraction of sp³-hybridized carbons (Fsp3) is 0.238. The van der Waals surface area contributed by atoms with Crippen molar-refractivity contribution in [2.45, 2.75) is 26.9 Å². The van der Waals surface area contributed by atoms with E-state index in [1.807, 2.05) is 41.3 Å². The third-order valence-corrected chi connectivity index (χ3v) is 4.82. The highest BCUT2D eigenvalue weighted by atomic mass is 16.5. The first-order chi connectivity index (χ1) is 13.2. The summed E-state index contributed by atoms with van der Waals surface area (Å²) in [6.07, 6.45) is 3.88. The van der Waals surface area contributed by atoms with Gasteiger partial charge in [-0.15, -0.1) is 0 Å². The third-order valence-electron chi connectivity index (χ3n) is 4.82. The summed E-state index contributed by atoms with van der Waals surface area (Å²) in [5.41, 5.74) is 6.65. The van der Waals surface area contributed by atoms with Crippen LogP contribution in [-0.4, -0.2) is 26.9 Å². The predicted octanol–water partition coefficient (Wildman–Crippen LogP) is 3.66. The molecule has 2 aromatic carbocycles. The minimum absolute atomic E-state index is 0.674. The Balaban J connectivity index is 1.43. The zero-order valence-corrected chi connectivity index (χ0v) is 15.8. The number of nitrogens with one attached hydrogen (secondary N) is 2. The van der Waals surface area contributed by atoms with Gasteiger partial charge in [0.1, 0.15) is 17.3 Å². The second-order valence-corrected chi connectivity index (χ2v) is 6.66. The lowest BCUT2D eigenvalue weighted by atomic mass is 10.1.